The average Bonchev–Trinajstić information content (AvgIpc) is 2.18. The zero-order valence-corrected chi connectivity index (χ0v) is 6.75. The summed E-state index contributed by atoms with van der Waals surface area (Å²) >= 11 is 3.98. The minimum atomic E-state index is -0.971. The van der Waals surface area contributed by atoms with E-state index in [1.54, 1.807) is 0 Å². The summed E-state index contributed by atoms with van der Waals surface area (Å²) in [6.07, 6.45) is 0.648. The van der Waals surface area contributed by atoms with Gasteiger partial charge in [-0.2, -0.15) is 12.6 Å². The number of carbonyl (C=O) groups is 2. The Kier molecular flexibility index (Phi) is 2.38. The van der Waals surface area contributed by atoms with Crippen LogP contribution in [0.3, 0.4) is 0 Å². The largest absolute Gasteiger partial charge is 0.480 e. The summed E-state index contributed by atoms with van der Waals surface area (Å²) in [4.78, 5) is 22.5. The van der Waals surface area contributed by atoms with Crippen LogP contribution < -0.4 is 0 Å². The molecule has 1 heterocycles. The monoisotopic (exact) mass is 175 g/mol. The second kappa shape index (κ2) is 3.13. The Hall–Kier alpha value is -0.710. The predicted molar refractivity (Wildman–Crippen MR) is 41.6 cm³/mol. The van der Waals surface area contributed by atoms with E-state index < -0.39 is 5.97 Å². The van der Waals surface area contributed by atoms with Crippen LogP contribution in [0.15, 0.2) is 0 Å². The molecule has 1 N–H and O–H groups in total. The molecule has 0 aromatic rings. The zero-order chi connectivity index (χ0) is 8.43. The van der Waals surface area contributed by atoms with E-state index in [2.05, 4.69) is 12.6 Å². The van der Waals surface area contributed by atoms with Crippen LogP contribution in [0.4, 0.5) is 0 Å². The van der Waals surface area contributed by atoms with E-state index in [0.29, 0.717) is 13.0 Å². The molecule has 1 aliphatic rings. The van der Waals surface area contributed by atoms with Gasteiger partial charge in [-0.25, -0.2) is 0 Å². The highest BCUT2D eigenvalue weighted by atomic mass is 32.1. The van der Waals surface area contributed by atoms with Gasteiger partial charge >= 0.3 is 5.97 Å². The van der Waals surface area contributed by atoms with Gasteiger partial charge < -0.3 is 10.0 Å². The number of nitrogens with zero attached hydrogens (tertiary/aromatic N) is 1. The van der Waals surface area contributed by atoms with Gasteiger partial charge in [-0.05, 0) is 6.42 Å². The summed E-state index contributed by atoms with van der Waals surface area (Å²) in [5.74, 6) is -1.14. The van der Waals surface area contributed by atoms with Crippen molar-refractivity contribution in [3.05, 3.63) is 0 Å². The second-order valence-electron chi connectivity index (χ2n) is 2.46. The zero-order valence-electron chi connectivity index (χ0n) is 5.86. The molecule has 0 bridgehead atoms. The number of thiol groups is 1. The first-order valence-electron chi connectivity index (χ1n) is 3.30. The van der Waals surface area contributed by atoms with Gasteiger partial charge in [0.05, 0.1) is 5.25 Å². The van der Waals surface area contributed by atoms with Gasteiger partial charge in [-0.3, -0.25) is 9.59 Å². The van der Waals surface area contributed by atoms with Gasteiger partial charge in [0, 0.05) is 6.54 Å². The molecule has 0 aromatic heterocycles. The molecule has 4 nitrogen and oxygen atoms in total. The number of carbonyl (C=O) groups excluding carboxylic acids is 1. The Labute approximate surface area is 69.6 Å². The third-order valence-corrected chi connectivity index (χ3v) is 2.07. The lowest BCUT2D eigenvalue weighted by molar-refractivity contribution is -0.142. The van der Waals surface area contributed by atoms with Crippen LogP contribution in [0.1, 0.15) is 6.42 Å². The Balaban J connectivity index is 2.49. The molecule has 0 aromatic carbocycles. The van der Waals surface area contributed by atoms with Crippen molar-refractivity contribution in [2.24, 2.45) is 0 Å². The van der Waals surface area contributed by atoms with Crippen molar-refractivity contribution < 1.29 is 14.7 Å². The summed E-state index contributed by atoms with van der Waals surface area (Å²) in [6.45, 7) is 0.315. The van der Waals surface area contributed by atoms with Gasteiger partial charge in [0.2, 0.25) is 5.91 Å². The SMILES string of the molecule is O=C(O)CN1CC[C@H](S)C1=O. The lowest BCUT2D eigenvalue weighted by Crippen LogP contribution is -2.32. The maximum absolute atomic E-state index is 11.0. The molecule has 0 spiro atoms. The fourth-order valence-electron chi connectivity index (χ4n) is 1.04. The third kappa shape index (κ3) is 1.86. The molecule has 1 amide bonds. The van der Waals surface area contributed by atoms with Crippen LogP contribution in [0.5, 0.6) is 0 Å². The van der Waals surface area contributed by atoms with Crippen molar-refractivity contribution in [2.45, 2.75) is 11.7 Å². The lowest BCUT2D eigenvalue weighted by atomic mass is 10.4. The maximum atomic E-state index is 11.0. The molecule has 0 saturated carbocycles. The van der Waals surface area contributed by atoms with Crippen molar-refractivity contribution >= 4 is 24.5 Å². The normalized spacial score (nSPS) is 24.3. The van der Waals surface area contributed by atoms with Gasteiger partial charge in [0.25, 0.3) is 0 Å². The minimum Gasteiger partial charge on any atom is -0.480 e. The van der Waals surface area contributed by atoms with E-state index in [9.17, 15) is 9.59 Å². The summed E-state index contributed by atoms with van der Waals surface area (Å²) in [5.41, 5.74) is 0. The fourth-order valence-corrected chi connectivity index (χ4v) is 1.32. The van der Waals surface area contributed by atoms with Crippen molar-refractivity contribution in [3.8, 4) is 0 Å². The molecule has 0 aliphatic carbocycles. The molecule has 5 heteroatoms. The lowest BCUT2D eigenvalue weighted by Gasteiger charge is -2.11. The average molecular weight is 175 g/mol. The van der Waals surface area contributed by atoms with Gasteiger partial charge in [-0.1, -0.05) is 0 Å². The third-order valence-electron chi connectivity index (χ3n) is 1.60. The number of carboxylic acid groups (broad SMARTS) is 1. The summed E-state index contributed by atoms with van der Waals surface area (Å²) < 4.78 is 0. The smallest absolute Gasteiger partial charge is 0.323 e. The Morgan fingerprint density at radius 1 is 1.82 bits per heavy atom. The molecular weight excluding hydrogens is 166 g/mol. The van der Waals surface area contributed by atoms with Crippen LogP contribution in [0.25, 0.3) is 0 Å². The molecular formula is C6H9NO3S. The number of likely N-dealkylation sites (tertiary alicyclic amines) is 1. The molecule has 11 heavy (non-hydrogen) atoms. The first-order chi connectivity index (χ1) is 5.11. The van der Waals surface area contributed by atoms with E-state index in [1.807, 2.05) is 0 Å². The first kappa shape index (κ1) is 8.39. The topological polar surface area (TPSA) is 57.6 Å². The summed E-state index contributed by atoms with van der Waals surface area (Å²) in [7, 11) is 0. The molecule has 1 aliphatic heterocycles. The Morgan fingerprint density at radius 3 is 2.82 bits per heavy atom. The van der Waals surface area contributed by atoms with E-state index >= 15 is 0 Å². The van der Waals surface area contributed by atoms with Crippen LogP contribution >= 0.6 is 12.6 Å². The van der Waals surface area contributed by atoms with E-state index in [4.69, 9.17) is 5.11 Å². The summed E-state index contributed by atoms with van der Waals surface area (Å²) in [5, 5.41) is 8.06. The van der Waals surface area contributed by atoms with E-state index in [-0.39, 0.29) is 17.7 Å². The Morgan fingerprint density at radius 2 is 2.45 bits per heavy atom. The highest BCUT2D eigenvalue weighted by molar-refractivity contribution is 7.81. The molecule has 1 atom stereocenters. The first-order valence-corrected chi connectivity index (χ1v) is 3.81. The maximum Gasteiger partial charge on any atom is 0.323 e. The molecule has 1 rings (SSSR count). The van der Waals surface area contributed by atoms with E-state index in [1.165, 1.54) is 4.90 Å². The van der Waals surface area contributed by atoms with Crippen molar-refractivity contribution in [3.63, 3.8) is 0 Å². The van der Waals surface area contributed by atoms with Gasteiger partial charge in [0.15, 0.2) is 0 Å². The van der Waals surface area contributed by atoms with Gasteiger partial charge in [0.1, 0.15) is 6.54 Å². The van der Waals surface area contributed by atoms with E-state index in [0.717, 1.165) is 0 Å². The second-order valence-corrected chi connectivity index (χ2v) is 3.08. The highest BCUT2D eigenvalue weighted by Gasteiger charge is 2.29. The van der Waals surface area contributed by atoms with Crippen LogP contribution in [-0.4, -0.2) is 40.2 Å². The number of rotatable bonds is 2. The van der Waals surface area contributed by atoms with Crippen molar-refractivity contribution in [1.29, 1.82) is 0 Å². The molecule has 1 saturated heterocycles. The van der Waals surface area contributed by atoms with Crippen molar-refractivity contribution in [1.82, 2.24) is 4.90 Å². The molecule has 0 unspecified atom stereocenters. The molecule has 0 radical (unpaired) electrons. The number of aliphatic carboxylic acids is 1. The standard InChI is InChI=1S/C6H9NO3S/c8-5(9)3-7-2-1-4(11)6(7)10/h4,11H,1-3H2,(H,8,9)/t4-/m0/s1. The fraction of sp³-hybridized carbons (Fsp3) is 0.667. The minimum absolute atomic E-state index is 0.171. The number of carboxylic acids is 1. The predicted octanol–water partition coefficient (Wildman–Crippen LogP) is -0.398. The van der Waals surface area contributed by atoms with Crippen molar-refractivity contribution in [2.75, 3.05) is 13.1 Å². The molecule has 62 valence electrons. The summed E-state index contributed by atoms with van der Waals surface area (Å²) in [6, 6.07) is 0. The highest BCUT2D eigenvalue weighted by Crippen LogP contribution is 2.15. The van der Waals surface area contributed by atoms with Crippen LogP contribution in [0.2, 0.25) is 0 Å². The van der Waals surface area contributed by atoms with Crippen LogP contribution in [0, 0.1) is 0 Å². The Bertz CT molecular complexity index is 194. The van der Waals surface area contributed by atoms with Gasteiger partial charge in [-0.15, -0.1) is 0 Å². The number of hydrogen-bond acceptors (Lipinski definition) is 3. The number of hydrogen-bond donors (Lipinski definition) is 2. The molecule has 1 fully saturated rings. The number of amides is 1. The van der Waals surface area contributed by atoms with Crippen LogP contribution in [-0.2, 0) is 9.59 Å². The quantitative estimate of drug-likeness (QED) is 0.561.